The second kappa shape index (κ2) is 5.44. The van der Waals surface area contributed by atoms with Crippen LogP contribution < -0.4 is 5.32 Å². The molecule has 102 valence electrons. The third-order valence-corrected chi connectivity index (χ3v) is 2.74. The molecule has 0 unspecified atom stereocenters. The average molecular weight is 269 g/mol. The second-order valence-corrected chi connectivity index (χ2v) is 4.20. The third kappa shape index (κ3) is 3.35. The van der Waals surface area contributed by atoms with E-state index in [1.165, 1.54) is 12.1 Å². The van der Waals surface area contributed by atoms with Crippen LogP contribution in [0.5, 0.6) is 0 Å². The predicted molar refractivity (Wildman–Crippen MR) is 65.5 cm³/mol. The number of hydrogen-bond donors (Lipinski definition) is 1. The summed E-state index contributed by atoms with van der Waals surface area (Å²) in [7, 11) is 1.79. The number of aromatic nitrogens is 2. The normalized spacial score (nSPS) is 11.8. The molecule has 0 spiro atoms. The molecule has 0 bridgehead atoms. The minimum absolute atomic E-state index is 0.376. The summed E-state index contributed by atoms with van der Waals surface area (Å²) in [5.74, 6) is 0.792. The highest BCUT2D eigenvalue weighted by Crippen LogP contribution is 2.29. The molecule has 0 aliphatic carbocycles. The van der Waals surface area contributed by atoms with E-state index >= 15 is 0 Å². The van der Waals surface area contributed by atoms with E-state index in [-0.39, 0.29) is 0 Å². The van der Waals surface area contributed by atoms with Gasteiger partial charge in [0.1, 0.15) is 5.82 Å². The lowest BCUT2D eigenvalue weighted by Gasteiger charge is -2.11. The number of alkyl halides is 3. The largest absolute Gasteiger partial charge is 0.416 e. The van der Waals surface area contributed by atoms with Crippen molar-refractivity contribution in [2.75, 3.05) is 7.05 Å². The standard InChI is InChI=1S/C13H14F3N3/c1-17-8-12-18-5-6-19(12)9-10-3-2-4-11(7-10)13(14,15)16/h2-7,17H,8-9H2,1H3. The van der Waals surface area contributed by atoms with Crippen molar-refractivity contribution in [3.63, 3.8) is 0 Å². The third-order valence-electron chi connectivity index (χ3n) is 2.74. The molecule has 0 radical (unpaired) electrons. The highest BCUT2D eigenvalue weighted by Gasteiger charge is 2.30. The van der Waals surface area contributed by atoms with Crippen molar-refractivity contribution in [2.45, 2.75) is 19.3 Å². The first kappa shape index (κ1) is 13.6. The molecule has 0 amide bonds. The molecule has 1 aromatic heterocycles. The first-order valence-electron chi connectivity index (χ1n) is 5.81. The average Bonchev–Trinajstić information content (AvgIpc) is 2.77. The summed E-state index contributed by atoms with van der Waals surface area (Å²) in [6.07, 6.45) is -0.911. The van der Waals surface area contributed by atoms with Crippen LogP contribution in [0.25, 0.3) is 0 Å². The van der Waals surface area contributed by atoms with Crippen LogP contribution >= 0.6 is 0 Å². The van der Waals surface area contributed by atoms with Crippen LogP contribution in [-0.2, 0) is 19.3 Å². The predicted octanol–water partition coefficient (Wildman–Crippen LogP) is 2.67. The van der Waals surface area contributed by atoms with Crippen LogP contribution in [0.2, 0.25) is 0 Å². The Morgan fingerprint density at radius 2 is 2.11 bits per heavy atom. The zero-order valence-electron chi connectivity index (χ0n) is 10.4. The van der Waals surface area contributed by atoms with Crippen LogP contribution in [-0.4, -0.2) is 16.6 Å². The highest BCUT2D eigenvalue weighted by molar-refractivity contribution is 5.26. The molecule has 6 heteroatoms. The maximum atomic E-state index is 12.6. The molecule has 0 saturated heterocycles. The molecule has 2 aromatic rings. The Hall–Kier alpha value is -1.82. The van der Waals surface area contributed by atoms with Crippen molar-refractivity contribution in [1.29, 1.82) is 0 Å². The maximum absolute atomic E-state index is 12.6. The van der Waals surface area contributed by atoms with Gasteiger partial charge in [0.15, 0.2) is 0 Å². The number of benzene rings is 1. The van der Waals surface area contributed by atoms with E-state index in [2.05, 4.69) is 10.3 Å². The minimum Gasteiger partial charge on any atom is -0.329 e. The topological polar surface area (TPSA) is 29.9 Å². The Morgan fingerprint density at radius 3 is 2.79 bits per heavy atom. The lowest BCUT2D eigenvalue weighted by Crippen LogP contribution is -2.13. The quantitative estimate of drug-likeness (QED) is 0.924. The van der Waals surface area contributed by atoms with Crippen molar-refractivity contribution in [3.8, 4) is 0 Å². The Balaban J connectivity index is 2.21. The van der Waals surface area contributed by atoms with E-state index in [0.29, 0.717) is 18.7 Å². The maximum Gasteiger partial charge on any atom is 0.416 e. The zero-order valence-corrected chi connectivity index (χ0v) is 10.4. The van der Waals surface area contributed by atoms with Crippen LogP contribution in [0.3, 0.4) is 0 Å². The van der Waals surface area contributed by atoms with Crippen LogP contribution in [0, 0.1) is 0 Å². The number of hydrogen-bond acceptors (Lipinski definition) is 2. The lowest BCUT2D eigenvalue weighted by molar-refractivity contribution is -0.137. The van der Waals surface area contributed by atoms with E-state index < -0.39 is 11.7 Å². The molecule has 19 heavy (non-hydrogen) atoms. The monoisotopic (exact) mass is 269 g/mol. The van der Waals surface area contributed by atoms with Gasteiger partial charge in [-0.3, -0.25) is 0 Å². The summed E-state index contributed by atoms with van der Waals surface area (Å²) in [6.45, 7) is 0.951. The SMILES string of the molecule is CNCc1nccn1Cc1cccc(C(F)(F)F)c1. The molecule has 0 aliphatic rings. The first-order valence-corrected chi connectivity index (χ1v) is 5.81. The van der Waals surface area contributed by atoms with E-state index in [1.54, 1.807) is 25.5 Å². The molecule has 3 nitrogen and oxygen atoms in total. The van der Waals surface area contributed by atoms with Crippen molar-refractivity contribution in [3.05, 3.63) is 53.6 Å². The van der Waals surface area contributed by atoms with Gasteiger partial charge in [0.25, 0.3) is 0 Å². The van der Waals surface area contributed by atoms with Gasteiger partial charge in [0, 0.05) is 18.9 Å². The Morgan fingerprint density at radius 1 is 1.32 bits per heavy atom. The van der Waals surface area contributed by atoms with E-state index in [0.717, 1.165) is 11.9 Å². The molecule has 2 rings (SSSR count). The van der Waals surface area contributed by atoms with Crippen LogP contribution in [0.1, 0.15) is 17.0 Å². The van der Waals surface area contributed by atoms with Crippen molar-refractivity contribution in [2.24, 2.45) is 0 Å². The van der Waals surface area contributed by atoms with Gasteiger partial charge in [-0.15, -0.1) is 0 Å². The number of rotatable bonds is 4. The number of halogens is 3. The first-order chi connectivity index (χ1) is 9.00. The fourth-order valence-electron chi connectivity index (χ4n) is 1.85. The van der Waals surface area contributed by atoms with Gasteiger partial charge in [-0.1, -0.05) is 12.1 Å². The Labute approximate surface area is 109 Å². The van der Waals surface area contributed by atoms with E-state index in [4.69, 9.17) is 0 Å². The van der Waals surface area contributed by atoms with E-state index in [9.17, 15) is 13.2 Å². The summed E-state index contributed by atoms with van der Waals surface area (Å²) in [4.78, 5) is 4.15. The van der Waals surface area contributed by atoms with Crippen molar-refractivity contribution in [1.82, 2.24) is 14.9 Å². The molecule has 1 heterocycles. The van der Waals surface area contributed by atoms with E-state index in [1.807, 2.05) is 4.57 Å². The van der Waals surface area contributed by atoms with Crippen molar-refractivity contribution >= 4 is 0 Å². The number of nitrogens with zero attached hydrogens (tertiary/aromatic N) is 2. The zero-order chi connectivity index (χ0) is 13.9. The minimum atomic E-state index is -4.31. The summed E-state index contributed by atoms with van der Waals surface area (Å²) in [5, 5.41) is 2.97. The lowest BCUT2D eigenvalue weighted by atomic mass is 10.1. The summed E-state index contributed by atoms with van der Waals surface area (Å²) in [5.41, 5.74) is -0.0227. The molecule has 0 aliphatic heterocycles. The Kier molecular flexibility index (Phi) is 3.90. The smallest absolute Gasteiger partial charge is 0.329 e. The van der Waals surface area contributed by atoms with Gasteiger partial charge in [0.05, 0.1) is 12.1 Å². The molecule has 0 fully saturated rings. The summed E-state index contributed by atoms with van der Waals surface area (Å²) in [6, 6.07) is 5.35. The van der Waals surface area contributed by atoms with Gasteiger partial charge in [-0.2, -0.15) is 13.2 Å². The molecular weight excluding hydrogens is 255 g/mol. The molecule has 1 aromatic carbocycles. The fraction of sp³-hybridized carbons (Fsp3) is 0.308. The van der Waals surface area contributed by atoms with Crippen LogP contribution in [0.15, 0.2) is 36.7 Å². The van der Waals surface area contributed by atoms with Gasteiger partial charge >= 0.3 is 6.18 Å². The fourth-order valence-corrected chi connectivity index (χ4v) is 1.85. The second-order valence-electron chi connectivity index (χ2n) is 4.20. The Bertz CT molecular complexity index is 546. The van der Waals surface area contributed by atoms with Gasteiger partial charge in [-0.25, -0.2) is 4.98 Å². The van der Waals surface area contributed by atoms with Gasteiger partial charge < -0.3 is 9.88 Å². The molecule has 0 atom stereocenters. The molecule has 1 N–H and O–H groups in total. The highest BCUT2D eigenvalue weighted by atomic mass is 19.4. The van der Waals surface area contributed by atoms with Crippen molar-refractivity contribution < 1.29 is 13.2 Å². The summed E-state index contributed by atoms with van der Waals surface area (Å²) < 4.78 is 39.7. The molecular formula is C13H14F3N3. The number of nitrogens with one attached hydrogen (secondary N) is 1. The summed E-state index contributed by atoms with van der Waals surface area (Å²) >= 11 is 0. The molecule has 0 saturated carbocycles. The van der Waals surface area contributed by atoms with Gasteiger partial charge in [0.2, 0.25) is 0 Å². The van der Waals surface area contributed by atoms with Crippen LogP contribution in [0.4, 0.5) is 13.2 Å². The number of imidazole rings is 1. The van der Waals surface area contributed by atoms with Gasteiger partial charge in [-0.05, 0) is 24.7 Å².